The highest BCUT2D eigenvalue weighted by atomic mass is 15.0. The van der Waals surface area contributed by atoms with Crippen LogP contribution in [0.5, 0.6) is 0 Å². The minimum atomic E-state index is 0.456. The van der Waals surface area contributed by atoms with Gasteiger partial charge in [-0.25, -0.2) is 9.97 Å². The molecule has 0 radical (unpaired) electrons. The SMILES string of the molecule is Cc1ncc(C(C)C)c(NC[C@@H]2CCCNC2)n1. The average molecular weight is 248 g/mol. The van der Waals surface area contributed by atoms with Crippen molar-refractivity contribution in [2.24, 2.45) is 5.92 Å². The maximum Gasteiger partial charge on any atom is 0.133 e. The molecule has 4 heteroatoms. The van der Waals surface area contributed by atoms with Gasteiger partial charge in [0.25, 0.3) is 0 Å². The Hall–Kier alpha value is -1.16. The number of anilines is 1. The molecule has 0 spiro atoms. The summed E-state index contributed by atoms with van der Waals surface area (Å²) in [7, 11) is 0. The molecule has 0 bridgehead atoms. The molecule has 2 N–H and O–H groups in total. The first kappa shape index (κ1) is 13.3. The number of aromatic nitrogens is 2. The van der Waals surface area contributed by atoms with E-state index in [-0.39, 0.29) is 0 Å². The first-order valence-electron chi connectivity index (χ1n) is 6.95. The van der Waals surface area contributed by atoms with E-state index in [2.05, 4.69) is 34.4 Å². The lowest BCUT2D eigenvalue weighted by Crippen LogP contribution is -2.33. The van der Waals surface area contributed by atoms with Crippen LogP contribution in [0.3, 0.4) is 0 Å². The van der Waals surface area contributed by atoms with Crippen molar-refractivity contribution in [3.05, 3.63) is 17.6 Å². The number of hydrogen-bond donors (Lipinski definition) is 2. The summed E-state index contributed by atoms with van der Waals surface area (Å²) in [5.41, 5.74) is 1.21. The van der Waals surface area contributed by atoms with Gasteiger partial charge in [0.05, 0.1) is 0 Å². The molecule has 18 heavy (non-hydrogen) atoms. The lowest BCUT2D eigenvalue weighted by molar-refractivity contribution is 0.392. The van der Waals surface area contributed by atoms with Crippen molar-refractivity contribution in [1.82, 2.24) is 15.3 Å². The zero-order chi connectivity index (χ0) is 13.0. The fraction of sp³-hybridized carbons (Fsp3) is 0.714. The van der Waals surface area contributed by atoms with Crippen LogP contribution in [-0.4, -0.2) is 29.6 Å². The van der Waals surface area contributed by atoms with Crippen molar-refractivity contribution < 1.29 is 0 Å². The third-order valence-corrected chi connectivity index (χ3v) is 3.52. The minimum Gasteiger partial charge on any atom is -0.369 e. The van der Waals surface area contributed by atoms with Crippen molar-refractivity contribution in [3.8, 4) is 0 Å². The zero-order valence-corrected chi connectivity index (χ0v) is 11.7. The molecular formula is C14H24N4. The van der Waals surface area contributed by atoms with Crippen molar-refractivity contribution in [2.45, 2.75) is 39.5 Å². The summed E-state index contributed by atoms with van der Waals surface area (Å²) in [5.74, 6) is 3.03. The summed E-state index contributed by atoms with van der Waals surface area (Å²) in [5, 5.41) is 6.96. The average Bonchev–Trinajstić information content (AvgIpc) is 2.37. The van der Waals surface area contributed by atoms with Crippen LogP contribution in [0, 0.1) is 12.8 Å². The second-order valence-corrected chi connectivity index (χ2v) is 5.47. The Morgan fingerprint density at radius 2 is 2.33 bits per heavy atom. The number of hydrogen-bond acceptors (Lipinski definition) is 4. The molecule has 0 unspecified atom stereocenters. The Morgan fingerprint density at radius 1 is 1.50 bits per heavy atom. The number of nitrogens with zero attached hydrogens (tertiary/aromatic N) is 2. The molecule has 0 saturated carbocycles. The molecule has 0 aromatic carbocycles. The van der Waals surface area contributed by atoms with Gasteiger partial charge >= 0.3 is 0 Å². The number of nitrogens with one attached hydrogen (secondary N) is 2. The van der Waals surface area contributed by atoms with E-state index < -0.39 is 0 Å². The van der Waals surface area contributed by atoms with Crippen LogP contribution in [0.15, 0.2) is 6.20 Å². The van der Waals surface area contributed by atoms with Crippen LogP contribution < -0.4 is 10.6 Å². The third-order valence-electron chi connectivity index (χ3n) is 3.52. The second-order valence-electron chi connectivity index (χ2n) is 5.47. The molecule has 1 saturated heterocycles. The van der Waals surface area contributed by atoms with Crippen molar-refractivity contribution in [2.75, 3.05) is 25.0 Å². The molecule has 1 fully saturated rings. The zero-order valence-electron chi connectivity index (χ0n) is 11.7. The Bertz CT molecular complexity index is 383. The predicted octanol–water partition coefficient (Wildman–Crippen LogP) is 2.32. The summed E-state index contributed by atoms with van der Waals surface area (Å²) in [4.78, 5) is 8.83. The molecule has 0 aliphatic carbocycles. The van der Waals surface area contributed by atoms with Crippen molar-refractivity contribution >= 4 is 5.82 Å². The van der Waals surface area contributed by atoms with E-state index in [9.17, 15) is 0 Å². The molecule has 1 aromatic heterocycles. The number of aryl methyl sites for hydroxylation is 1. The molecule has 1 atom stereocenters. The lowest BCUT2D eigenvalue weighted by Gasteiger charge is -2.24. The molecule has 100 valence electrons. The van der Waals surface area contributed by atoms with E-state index in [1.165, 1.54) is 24.9 Å². The Balaban J connectivity index is 2.00. The summed E-state index contributed by atoms with van der Waals surface area (Å²) >= 11 is 0. The molecule has 1 aliphatic rings. The van der Waals surface area contributed by atoms with Gasteiger partial charge in [-0.15, -0.1) is 0 Å². The van der Waals surface area contributed by atoms with Crippen LogP contribution >= 0.6 is 0 Å². The summed E-state index contributed by atoms with van der Waals surface area (Å²) in [6, 6.07) is 0. The number of rotatable bonds is 4. The Labute approximate surface area is 110 Å². The van der Waals surface area contributed by atoms with E-state index in [4.69, 9.17) is 0 Å². The first-order valence-corrected chi connectivity index (χ1v) is 6.95. The largest absolute Gasteiger partial charge is 0.369 e. The molecule has 4 nitrogen and oxygen atoms in total. The Morgan fingerprint density at radius 3 is 3.00 bits per heavy atom. The van der Waals surface area contributed by atoms with Crippen molar-refractivity contribution in [3.63, 3.8) is 0 Å². The van der Waals surface area contributed by atoms with E-state index in [0.717, 1.165) is 24.7 Å². The molecule has 1 aliphatic heterocycles. The van der Waals surface area contributed by atoms with Gasteiger partial charge in [-0.2, -0.15) is 0 Å². The predicted molar refractivity (Wildman–Crippen MR) is 74.9 cm³/mol. The summed E-state index contributed by atoms with van der Waals surface area (Å²) < 4.78 is 0. The van der Waals surface area contributed by atoms with Gasteiger partial charge in [0.1, 0.15) is 11.6 Å². The van der Waals surface area contributed by atoms with Gasteiger partial charge < -0.3 is 10.6 Å². The van der Waals surface area contributed by atoms with Gasteiger partial charge in [0, 0.05) is 18.3 Å². The van der Waals surface area contributed by atoms with Crippen LogP contribution in [0.25, 0.3) is 0 Å². The van der Waals surface area contributed by atoms with Crippen LogP contribution in [-0.2, 0) is 0 Å². The van der Waals surface area contributed by atoms with Crippen LogP contribution in [0.1, 0.15) is 44.0 Å². The topological polar surface area (TPSA) is 49.8 Å². The molecule has 1 aromatic rings. The second kappa shape index (κ2) is 6.14. The summed E-state index contributed by atoms with van der Waals surface area (Å²) in [6.45, 7) is 9.60. The molecular weight excluding hydrogens is 224 g/mol. The fourth-order valence-electron chi connectivity index (χ4n) is 2.38. The molecule has 0 amide bonds. The van der Waals surface area contributed by atoms with Crippen LogP contribution in [0.4, 0.5) is 5.82 Å². The van der Waals surface area contributed by atoms with Crippen LogP contribution in [0.2, 0.25) is 0 Å². The highest BCUT2D eigenvalue weighted by Gasteiger charge is 2.14. The minimum absolute atomic E-state index is 0.456. The molecule has 2 rings (SSSR count). The van der Waals surface area contributed by atoms with E-state index in [1.54, 1.807) is 0 Å². The standard InChI is InChI=1S/C14H24N4/c1-10(2)13-9-16-11(3)18-14(13)17-8-12-5-4-6-15-7-12/h9-10,12,15H,4-8H2,1-3H3,(H,16,17,18)/t12-/m1/s1. The maximum absolute atomic E-state index is 4.54. The van der Waals surface area contributed by atoms with Crippen molar-refractivity contribution in [1.29, 1.82) is 0 Å². The summed E-state index contributed by atoms with van der Waals surface area (Å²) in [6.07, 6.45) is 4.54. The molecule has 2 heterocycles. The maximum atomic E-state index is 4.54. The van der Waals surface area contributed by atoms with E-state index >= 15 is 0 Å². The van der Waals surface area contributed by atoms with Gasteiger partial charge in [-0.05, 0) is 44.7 Å². The third kappa shape index (κ3) is 3.42. The highest BCUT2D eigenvalue weighted by molar-refractivity contribution is 5.44. The van der Waals surface area contributed by atoms with E-state index in [1.807, 2.05) is 13.1 Å². The van der Waals surface area contributed by atoms with Gasteiger partial charge in [-0.1, -0.05) is 13.8 Å². The smallest absolute Gasteiger partial charge is 0.133 e. The van der Waals surface area contributed by atoms with Gasteiger partial charge in [-0.3, -0.25) is 0 Å². The quantitative estimate of drug-likeness (QED) is 0.858. The Kier molecular flexibility index (Phi) is 4.53. The first-order chi connectivity index (χ1) is 8.66. The van der Waals surface area contributed by atoms with E-state index in [0.29, 0.717) is 11.8 Å². The lowest BCUT2D eigenvalue weighted by atomic mass is 9.99. The fourth-order valence-corrected chi connectivity index (χ4v) is 2.38. The highest BCUT2D eigenvalue weighted by Crippen LogP contribution is 2.22. The number of piperidine rings is 1. The van der Waals surface area contributed by atoms with Gasteiger partial charge in [0.15, 0.2) is 0 Å². The van der Waals surface area contributed by atoms with Gasteiger partial charge in [0.2, 0.25) is 0 Å². The normalized spacial score (nSPS) is 20.1. The monoisotopic (exact) mass is 248 g/mol.